The molecule has 7 nitrogen and oxygen atoms in total. The molecule has 0 radical (unpaired) electrons. The molecule has 0 bridgehead atoms. The minimum absolute atomic E-state index is 0.0155. The Bertz CT molecular complexity index is 820. The van der Waals surface area contributed by atoms with E-state index in [2.05, 4.69) is 10.6 Å². The normalized spacial score (nSPS) is 20.0. The Labute approximate surface area is 165 Å². The van der Waals surface area contributed by atoms with E-state index in [0.717, 1.165) is 6.26 Å². The fourth-order valence-corrected chi connectivity index (χ4v) is 3.62. The first-order chi connectivity index (χ1) is 13.1. The fraction of sp³-hybridized carbons (Fsp3) is 0.579. The summed E-state index contributed by atoms with van der Waals surface area (Å²) in [6.07, 6.45) is 3.81. The number of nitrogens with one attached hydrogen (secondary N) is 2. The zero-order valence-electron chi connectivity index (χ0n) is 16.5. The fourth-order valence-electron chi connectivity index (χ4n) is 3.20. The Kier molecular flexibility index (Phi) is 7.54. The van der Waals surface area contributed by atoms with Crippen LogP contribution in [0.5, 0.6) is 0 Å². The molecule has 1 aromatic carbocycles. The summed E-state index contributed by atoms with van der Waals surface area (Å²) in [5, 5.41) is 5.73. The lowest BCUT2D eigenvalue weighted by molar-refractivity contribution is -0.126. The molecule has 1 aliphatic rings. The van der Waals surface area contributed by atoms with Gasteiger partial charge in [0.25, 0.3) is 5.91 Å². The van der Waals surface area contributed by atoms with Gasteiger partial charge in [-0.15, -0.1) is 0 Å². The topological polar surface area (TPSA) is 95.6 Å². The molecule has 2 amide bonds. The third-order valence-corrected chi connectivity index (χ3v) is 6.46. The van der Waals surface area contributed by atoms with Crippen LogP contribution in [0.2, 0.25) is 0 Å². The van der Waals surface area contributed by atoms with Gasteiger partial charge in [-0.2, -0.15) is 0 Å². The molecule has 2 N–H and O–H groups in total. The molecule has 0 spiro atoms. The Balaban J connectivity index is 1.75. The smallest absolute Gasteiger partial charge is 0.251 e. The number of rotatable bonds is 7. The first kappa shape index (κ1) is 22.3. The summed E-state index contributed by atoms with van der Waals surface area (Å²) in [5.74, 6) is -0.795. The van der Waals surface area contributed by atoms with Crippen molar-refractivity contribution in [1.82, 2.24) is 14.9 Å². The molecule has 0 unspecified atom stereocenters. The van der Waals surface area contributed by atoms with Crippen molar-refractivity contribution < 1.29 is 22.4 Å². The zero-order valence-corrected chi connectivity index (χ0v) is 17.3. The minimum atomic E-state index is -3.25. The Morgan fingerprint density at radius 3 is 2.43 bits per heavy atom. The molecule has 0 aromatic heterocycles. The third-order valence-electron chi connectivity index (χ3n) is 5.15. The zero-order chi connectivity index (χ0) is 20.9. The van der Waals surface area contributed by atoms with Crippen molar-refractivity contribution in [3.8, 4) is 0 Å². The lowest BCUT2D eigenvalue weighted by Gasteiger charge is -2.28. The number of amides is 2. The summed E-state index contributed by atoms with van der Waals surface area (Å²) in [5.41, 5.74) is 0.850. The standard InChI is InChI=1S/C19H28FN3O4S/c1-13-12-15(6-9-17(13)20)19(25)22-16-7-4-14(5-8-16)18(24)21-10-11-23(2)28(3,26)27/h6,9,12,14,16H,4-5,7-8,10-11H2,1-3H3,(H,21,24)(H,22,25). The van der Waals surface area contributed by atoms with Crippen molar-refractivity contribution in [3.63, 3.8) is 0 Å². The molecule has 9 heteroatoms. The highest BCUT2D eigenvalue weighted by molar-refractivity contribution is 7.88. The van der Waals surface area contributed by atoms with E-state index in [1.165, 1.54) is 29.6 Å². The van der Waals surface area contributed by atoms with Gasteiger partial charge >= 0.3 is 0 Å². The second-order valence-corrected chi connectivity index (χ2v) is 9.45. The van der Waals surface area contributed by atoms with Crippen molar-refractivity contribution in [1.29, 1.82) is 0 Å². The summed E-state index contributed by atoms with van der Waals surface area (Å²) in [6, 6.07) is 4.26. The van der Waals surface area contributed by atoms with Crippen LogP contribution in [-0.4, -0.2) is 57.0 Å². The number of sulfonamides is 1. The number of hydrogen-bond donors (Lipinski definition) is 2. The summed E-state index contributed by atoms with van der Waals surface area (Å²) in [4.78, 5) is 24.6. The van der Waals surface area contributed by atoms with Gasteiger partial charge in [0.1, 0.15) is 5.82 Å². The number of carbonyl (C=O) groups is 2. The van der Waals surface area contributed by atoms with Crippen molar-refractivity contribution in [3.05, 3.63) is 35.1 Å². The van der Waals surface area contributed by atoms with Crippen LogP contribution in [0, 0.1) is 18.7 Å². The number of likely N-dealkylation sites (N-methyl/N-ethyl adjacent to an activating group) is 1. The second-order valence-electron chi connectivity index (χ2n) is 7.36. The highest BCUT2D eigenvalue weighted by Gasteiger charge is 2.27. The maximum Gasteiger partial charge on any atom is 0.251 e. The van der Waals surface area contributed by atoms with Gasteiger partial charge in [0.15, 0.2) is 0 Å². The van der Waals surface area contributed by atoms with Gasteiger partial charge in [-0.3, -0.25) is 9.59 Å². The van der Waals surface area contributed by atoms with Crippen LogP contribution in [0.1, 0.15) is 41.6 Å². The van der Waals surface area contributed by atoms with Gasteiger partial charge in [0, 0.05) is 37.7 Å². The van der Waals surface area contributed by atoms with Gasteiger partial charge in [0.2, 0.25) is 15.9 Å². The van der Waals surface area contributed by atoms with Crippen LogP contribution in [0.25, 0.3) is 0 Å². The molecule has 1 aromatic rings. The SMILES string of the molecule is Cc1cc(C(=O)NC2CCC(C(=O)NCCN(C)S(C)(=O)=O)CC2)ccc1F. The molecular formula is C19H28FN3O4S. The van der Waals surface area contributed by atoms with Crippen LogP contribution in [-0.2, 0) is 14.8 Å². The Morgan fingerprint density at radius 1 is 1.21 bits per heavy atom. The van der Waals surface area contributed by atoms with Crippen LogP contribution in [0.15, 0.2) is 18.2 Å². The van der Waals surface area contributed by atoms with Gasteiger partial charge in [-0.25, -0.2) is 17.1 Å². The number of carbonyl (C=O) groups excluding carboxylic acids is 2. The van der Waals surface area contributed by atoms with E-state index >= 15 is 0 Å². The molecular weight excluding hydrogens is 385 g/mol. The van der Waals surface area contributed by atoms with Crippen molar-refractivity contribution in [2.75, 3.05) is 26.4 Å². The number of nitrogens with zero attached hydrogens (tertiary/aromatic N) is 1. The summed E-state index contributed by atoms with van der Waals surface area (Å²) in [7, 11) is -1.78. The predicted molar refractivity (Wildman–Crippen MR) is 105 cm³/mol. The first-order valence-electron chi connectivity index (χ1n) is 9.34. The molecule has 0 saturated heterocycles. The first-order valence-corrected chi connectivity index (χ1v) is 11.2. The van der Waals surface area contributed by atoms with Crippen molar-refractivity contribution >= 4 is 21.8 Å². The highest BCUT2D eigenvalue weighted by atomic mass is 32.2. The lowest BCUT2D eigenvalue weighted by Crippen LogP contribution is -2.42. The van der Waals surface area contributed by atoms with E-state index in [-0.39, 0.29) is 42.7 Å². The number of aryl methyl sites for hydroxylation is 1. The molecule has 0 atom stereocenters. The number of benzene rings is 1. The predicted octanol–water partition coefficient (Wildman–Crippen LogP) is 1.43. The second kappa shape index (κ2) is 9.47. The average Bonchev–Trinajstić information content (AvgIpc) is 2.63. The summed E-state index contributed by atoms with van der Waals surface area (Å²) < 4.78 is 37.2. The van der Waals surface area contributed by atoms with E-state index in [9.17, 15) is 22.4 Å². The van der Waals surface area contributed by atoms with Gasteiger partial charge in [0.05, 0.1) is 6.26 Å². The average molecular weight is 414 g/mol. The van der Waals surface area contributed by atoms with E-state index in [1.807, 2.05) is 0 Å². The maximum atomic E-state index is 13.3. The molecule has 1 aliphatic carbocycles. The molecule has 28 heavy (non-hydrogen) atoms. The van der Waals surface area contributed by atoms with Crippen LogP contribution >= 0.6 is 0 Å². The van der Waals surface area contributed by atoms with Gasteiger partial charge in [-0.05, 0) is 56.4 Å². The lowest BCUT2D eigenvalue weighted by atomic mass is 9.85. The molecule has 0 heterocycles. The van der Waals surface area contributed by atoms with E-state index in [4.69, 9.17) is 0 Å². The Hall–Kier alpha value is -2.00. The van der Waals surface area contributed by atoms with Crippen LogP contribution in [0.3, 0.4) is 0 Å². The largest absolute Gasteiger partial charge is 0.355 e. The van der Waals surface area contributed by atoms with Crippen molar-refractivity contribution in [2.24, 2.45) is 5.92 Å². The molecule has 156 valence electrons. The van der Waals surface area contributed by atoms with Crippen LogP contribution < -0.4 is 10.6 Å². The van der Waals surface area contributed by atoms with E-state index < -0.39 is 10.0 Å². The third kappa shape index (κ3) is 6.27. The molecule has 0 aliphatic heterocycles. The Morgan fingerprint density at radius 2 is 1.86 bits per heavy atom. The number of hydrogen-bond acceptors (Lipinski definition) is 4. The summed E-state index contributed by atoms with van der Waals surface area (Å²) >= 11 is 0. The van der Waals surface area contributed by atoms with E-state index in [0.29, 0.717) is 36.8 Å². The maximum absolute atomic E-state index is 13.3. The van der Waals surface area contributed by atoms with Crippen LogP contribution in [0.4, 0.5) is 4.39 Å². The minimum Gasteiger partial charge on any atom is -0.355 e. The van der Waals surface area contributed by atoms with Gasteiger partial charge in [-0.1, -0.05) is 0 Å². The number of halogens is 1. The molecule has 1 saturated carbocycles. The molecule has 2 rings (SSSR count). The van der Waals surface area contributed by atoms with E-state index in [1.54, 1.807) is 6.92 Å². The monoisotopic (exact) mass is 413 g/mol. The van der Waals surface area contributed by atoms with Gasteiger partial charge < -0.3 is 10.6 Å². The summed E-state index contributed by atoms with van der Waals surface area (Å²) in [6.45, 7) is 2.11. The molecule has 1 fully saturated rings. The van der Waals surface area contributed by atoms with Crippen molar-refractivity contribution in [2.45, 2.75) is 38.6 Å². The highest BCUT2D eigenvalue weighted by Crippen LogP contribution is 2.24. The quantitative estimate of drug-likeness (QED) is 0.707.